The molecular weight excluding hydrogens is 400 g/mol. The first-order valence-corrected chi connectivity index (χ1v) is 8.72. The van der Waals surface area contributed by atoms with Gasteiger partial charge in [-0.25, -0.2) is 4.79 Å². The molecule has 1 amide bonds. The van der Waals surface area contributed by atoms with E-state index in [0.717, 1.165) is 9.25 Å². The maximum atomic E-state index is 12.7. The third kappa shape index (κ3) is 4.14. The van der Waals surface area contributed by atoms with Gasteiger partial charge in [-0.2, -0.15) is 9.78 Å². The molecule has 2 aromatic carbocycles. The Hall–Kier alpha value is -3.59. The number of nitrogens with one attached hydrogen (secondary N) is 1. The summed E-state index contributed by atoms with van der Waals surface area (Å²) < 4.78 is 12.1. The van der Waals surface area contributed by atoms with Gasteiger partial charge in [0.25, 0.3) is 11.5 Å². The number of nitrogens with zero attached hydrogens (tertiary/aromatic N) is 3. The number of aromatic nitrogens is 3. The molecule has 0 aliphatic heterocycles. The Labute approximate surface area is 170 Å². The van der Waals surface area contributed by atoms with Crippen LogP contribution in [0.15, 0.2) is 52.1 Å². The molecule has 1 N–H and O–H groups in total. The first-order valence-electron chi connectivity index (χ1n) is 8.34. The number of hydrogen-bond donors (Lipinski definition) is 1. The minimum Gasteiger partial charge on any atom is -0.497 e. The topological polar surface area (TPSA) is 104 Å². The summed E-state index contributed by atoms with van der Waals surface area (Å²) in [6, 6.07) is 11.0. The molecule has 0 spiro atoms. The van der Waals surface area contributed by atoms with Crippen LogP contribution >= 0.6 is 11.6 Å². The molecule has 29 heavy (non-hydrogen) atoms. The van der Waals surface area contributed by atoms with E-state index in [1.54, 1.807) is 42.5 Å². The van der Waals surface area contributed by atoms with Crippen LogP contribution < -0.4 is 26.0 Å². The lowest BCUT2D eigenvalue weighted by Gasteiger charge is -2.11. The molecule has 10 heteroatoms. The quantitative estimate of drug-likeness (QED) is 0.680. The van der Waals surface area contributed by atoms with E-state index in [-0.39, 0.29) is 0 Å². The number of amides is 1. The van der Waals surface area contributed by atoms with Gasteiger partial charge >= 0.3 is 5.69 Å². The summed E-state index contributed by atoms with van der Waals surface area (Å²) in [6.45, 7) is 0. The van der Waals surface area contributed by atoms with Crippen LogP contribution in [0.2, 0.25) is 5.02 Å². The van der Waals surface area contributed by atoms with E-state index < -0.39 is 22.9 Å². The lowest BCUT2D eigenvalue weighted by Crippen LogP contribution is -2.43. The average Bonchev–Trinajstić information content (AvgIpc) is 2.72. The van der Waals surface area contributed by atoms with Crippen LogP contribution in [0.5, 0.6) is 11.5 Å². The molecule has 0 saturated carbocycles. The Kier molecular flexibility index (Phi) is 5.69. The fourth-order valence-corrected chi connectivity index (χ4v) is 2.66. The van der Waals surface area contributed by atoms with Gasteiger partial charge in [-0.3, -0.25) is 14.2 Å². The summed E-state index contributed by atoms with van der Waals surface area (Å²) in [5.74, 6) is 0.113. The first-order chi connectivity index (χ1) is 13.8. The van der Waals surface area contributed by atoms with Crippen molar-refractivity contribution in [2.75, 3.05) is 19.5 Å². The molecule has 0 bridgehead atoms. The third-order valence-corrected chi connectivity index (χ3v) is 4.32. The normalized spacial score (nSPS) is 10.5. The van der Waals surface area contributed by atoms with Crippen LogP contribution in [0.3, 0.4) is 0 Å². The molecule has 3 rings (SSSR count). The number of ether oxygens (including phenoxy) is 2. The monoisotopic (exact) mass is 416 g/mol. The van der Waals surface area contributed by atoms with E-state index >= 15 is 0 Å². The van der Waals surface area contributed by atoms with Gasteiger partial charge in [-0.05, 0) is 24.3 Å². The fraction of sp³-hybridized carbons (Fsp3) is 0.158. The number of carbonyl (C=O) groups is 1. The van der Waals surface area contributed by atoms with Crippen LogP contribution in [0.25, 0.3) is 5.69 Å². The largest absolute Gasteiger partial charge is 0.497 e. The molecule has 0 saturated heterocycles. The van der Waals surface area contributed by atoms with Gasteiger partial charge in [-0.1, -0.05) is 11.6 Å². The summed E-state index contributed by atoms with van der Waals surface area (Å²) >= 11 is 5.87. The van der Waals surface area contributed by atoms with Crippen molar-refractivity contribution in [3.63, 3.8) is 0 Å². The Bertz CT molecular complexity index is 1160. The summed E-state index contributed by atoms with van der Waals surface area (Å²) in [7, 11) is 4.21. The molecule has 0 aliphatic rings. The van der Waals surface area contributed by atoms with Crippen LogP contribution in [-0.4, -0.2) is 34.5 Å². The molecule has 0 aliphatic carbocycles. The van der Waals surface area contributed by atoms with Gasteiger partial charge in [0, 0.05) is 36.0 Å². The molecule has 1 heterocycles. The zero-order valence-electron chi connectivity index (χ0n) is 15.8. The highest BCUT2D eigenvalue weighted by atomic mass is 35.5. The second-order valence-corrected chi connectivity index (χ2v) is 6.38. The minimum absolute atomic E-state index is 0.333. The van der Waals surface area contributed by atoms with Crippen molar-refractivity contribution in [1.82, 2.24) is 14.3 Å². The smallest absolute Gasteiger partial charge is 0.351 e. The molecule has 0 atom stereocenters. The molecule has 0 radical (unpaired) electrons. The molecular formula is C19H17ClN4O5. The third-order valence-electron chi connectivity index (χ3n) is 4.07. The Balaban J connectivity index is 2.04. The standard InChI is InChI=1S/C19H17ClN4O5/c1-23-18(26)16(22-24(19(23)27)13-6-4-11(20)5-7-13)17(25)21-12-8-14(28-2)10-15(9-12)29-3/h4-10H,1-3H3,(H,21,25). The average molecular weight is 417 g/mol. The van der Waals surface area contributed by atoms with Gasteiger partial charge < -0.3 is 14.8 Å². The van der Waals surface area contributed by atoms with E-state index in [1.165, 1.54) is 21.3 Å². The van der Waals surface area contributed by atoms with E-state index in [1.807, 2.05) is 0 Å². The van der Waals surface area contributed by atoms with Crippen LogP contribution in [0, 0.1) is 0 Å². The van der Waals surface area contributed by atoms with E-state index in [9.17, 15) is 14.4 Å². The molecule has 3 aromatic rings. The Morgan fingerprint density at radius 2 is 1.62 bits per heavy atom. The van der Waals surface area contributed by atoms with Crippen molar-refractivity contribution in [1.29, 1.82) is 0 Å². The Morgan fingerprint density at radius 1 is 1.03 bits per heavy atom. The van der Waals surface area contributed by atoms with E-state index in [4.69, 9.17) is 21.1 Å². The summed E-state index contributed by atoms with van der Waals surface area (Å²) in [5.41, 5.74) is -1.29. The first kappa shape index (κ1) is 20.2. The van der Waals surface area contributed by atoms with E-state index in [2.05, 4.69) is 10.4 Å². The zero-order valence-corrected chi connectivity index (χ0v) is 16.6. The number of halogens is 1. The summed E-state index contributed by atoms with van der Waals surface area (Å²) in [6.07, 6.45) is 0. The molecule has 1 aromatic heterocycles. The SMILES string of the molecule is COc1cc(NC(=O)c2nn(-c3ccc(Cl)cc3)c(=O)n(C)c2=O)cc(OC)c1. The number of anilines is 1. The van der Waals surface area contributed by atoms with Gasteiger partial charge in [0.15, 0.2) is 0 Å². The fourth-order valence-electron chi connectivity index (χ4n) is 2.54. The molecule has 0 fully saturated rings. The summed E-state index contributed by atoms with van der Waals surface area (Å²) in [5, 5.41) is 7.01. The van der Waals surface area contributed by atoms with Crippen molar-refractivity contribution >= 4 is 23.2 Å². The van der Waals surface area contributed by atoms with Gasteiger partial charge in [0.05, 0.1) is 19.9 Å². The molecule has 150 valence electrons. The highest BCUT2D eigenvalue weighted by Gasteiger charge is 2.19. The number of benzene rings is 2. The number of rotatable bonds is 5. The predicted molar refractivity (Wildman–Crippen MR) is 108 cm³/mol. The van der Waals surface area contributed by atoms with E-state index in [0.29, 0.717) is 27.9 Å². The highest BCUT2D eigenvalue weighted by molar-refractivity contribution is 6.30. The van der Waals surface area contributed by atoms with Crippen molar-refractivity contribution in [2.45, 2.75) is 0 Å². The zero-order chi connectivity index (χ0) is 21.1. The van der Waals surface area contributed by atoms with Crippen molar-refractivity contribution in [2.24, 2.45) is 7.05 Å². The van der Waals surface area contributed by atoms with Gasteiger partial charge in [0.1, 0.15) is 11.5 Å². The van der Waals surface area contributed by atoms with Gasteiger partial charge in [-0.15, -0.1) is 0 Å². The lowest BCUT2D eigenvalue weighted by molar-refractivity contribution is 0.101. The number of hydrogen-bond acceptors (Lipinski definition) is 6. The molecule has 0 unspecified atom stereocenters. The van der Waals surface area contributed by atoms with Gasteiger partial charge in [0.2, 0.25) is 5.69 Å². The second kappa shape index (κ2) is 8.19. The van der Waals surface area contributed by atoms with Crippen molar-refractivity contribution < 1.29 is 14.3 Å². The van der Waals surface area contributed by atoms with Crippen molar-refractivity contribution in [3.05, 3.63) is 74.0 Å². The maximum Gasteiger partial charge on any atom is 0.351 e. The predicted octanol–water partition coefficient (Wildman–Crippen LogP) is 1.85. The summed E-state index contributed by atoms with van der Waals surface area (Å²) in [4.78, 5) is 37.6. The number of methoxy groups -OCH3 is 2. The second-order valence-electron chi connectivity index (χ2n) is 5.94. The number of carbonyl (C=O) groups excluding carboxylic acids is 1. The maximum absolute atomic E-state index is 12.7. The van der Waals surface area contributed by atoms with Crippen molar-refractivity contribution in [3.8, 4) is 17.2 Å². The molecule has 9 nitrogen and oxygen atoms in total. The highest BCUT2D eigenvalue weighted by Crippen LogP contribution is 2.25. The van der Waals surface area contributed by atoms with Crippen LogP contribution in [-0.2, 0) is 7.05 Å². The van der Waals surface area contributed by atoms with Crippen LogP contribution in [0.1, 0.15) is 10.5 Å². The Morgan fingerprint density at radius 3 is 2.17 bits per heavy atom. The lowest BCUT2D eigenvalue weighted by atomic mass is 10.2. The van der Waals surface area contributed by atoms with Crippen LogP contribution in [0.4, 0.5) is 5.69 Å². The minimum atomic E-state index is -0.826.